The standard InChI is InChI=1S/C18H20N4O4/c1-12-13-5-2-3-6-14(13)16(24)22(20-12)9-15(23)21-8-4-7-18(11-21)10-19-17(25)26-18/h2-3,5-6H,4,7-11H2,1H3,(H,19,25). The number of aryl methyl sites for hydroxylation is 1. The van der Waals surface area contributed by atoms with Crippen LogP contribution < -0.4 is 10.9 Å². The molecule has 0 radical (unpaired) electrons. The molecule has 8 nitrogen and oxygen atoms in total. The molecular weight excluding hydrogens is 336 g/mol. The van der Waals surface area contributed by atoms with Gasteiger partial charge >= 0.3 is 6.09 Å². The molecule has 2 aliphatic rings. The quantitative estimate of drug-likeness (QED) is 0.859. The van der Waals surface area contributed by atoms with Gasteiger partial charge in [-0.1, -0.05) is 18.2 Å². The Kier molecular flexibility index (Phi) is 3.90. The van der Waals surface area contributed by atoms with Gasteiger partial charge in [-0.05, 0) is 25.8 Å². The first-order valence-corrected chi connectivity index (χ1v) is 8.69. The minimum Gasteiger partial charge on any atom is -0.439 e. The largest absolute Gasteiger partial charge is 0.439 e. The maximum absolute atomic E-state index is 12.8. The third kappa shape index (κ3) is 2.81. The van der Waals surface area contributed by atoms with Crippen LogP contribution in [0.25, 0.3) is 10.8 Å². The van der Waals surface area contributed by atoms with E-state index in [4.69, 9.17) is 4.74 Å². The van der Waals surface area contributed by atoms with Gasteiger partial charge in [-0.15, -0.1) is 0 Å². The van der Waals surface area contributed by atoms with Gasteiger partial charge in [-0.2, -0.15) is 5.10 Å². The Hall–Kier alpha value is -2.90. The van der Waals surface area contributed by atoms with Crippen molar-refractivity contribution in [3.8, 4) is 0 Å². The number of likely N-dealkylation sites (tertiary alicyclic amines) is 1. The Bertz CT molecular complexity index is 954. The van der Waals surface area contributed by atoms with Crippen LogP contribution >= 0.6 is 0 Å². The number of nitrogens with zero attached hydrogens (tertiary/aromatic N) is 3. The Labute approximate surface area is 149 Å². The van der Waals surface area contributed by atoms with Gasteiger partial charge in [0.05, 0.1) is 24.2 Å². The maximum atomic E-state index is 12.8. The lowest BCUT2D eigenvalue weighted by atomic mass is 9.93. The van der Waals surface area contributed by atoms with E-state index >= 15 is 0 Å². The van der Waals surface area contributed by atoms with E-state index in [1.165, 1.54) is 4.68 Å². The van der Waals surface area contributed by atoms with Crippen molar-refractivity contribution in [3.05, 3.63) is 40.3 Å². The molecule has 8 heteroatoms. The zero-order chi connectivity index (χ0) is 18.3. The number of alkyl carbamates (subject to hydrolysis) is 1. The summed E-state index contributed by atoms with van der Waals surface area (Å²) in [7, 11) is 0. The first-order valence-electron chi connectivity index (χ1n) is 8.69. The minimum absolute atomic E-state index is 0.123. The summed E-state index contributed by atoms with van der Waals surface area (Å²) in [6, 6.07) is 7.25. The lowest BCUT2D eigenvalue weighted by Crippen LogP contribution is -2.53. The van der Waals surface area contributed by atoms with Crippen LogP contribution in [0.15, 0.2) is 29.1 Å². The van der Waals surface area contributed by atoms with Crippen LogP contribution in [-0.4, -0.2) is 51.9 Å². The van der Waals surface area contributed by atoms with Crippen molar-refractivity contribution in [2.75, 3.05) is 19.6 Å². The topological polar surface area (TPSA) is 93.5 Å². The highest BCUT2D eigenvalue weighted by atomic mass is 16.6. The van der Waals surface area contributed by atoms with E-state index in [1.54, 1.807) is 17.0 Å². The first-order chi connectivity index (χ1) is 12.5. The van der Waals surface area contributed by atoms with E-state index in [0.717, 1.165) is 18.2 Å². The molecular formula is C18H20N4O4. The van der Waals surface area contributed by atoms with Crippen LogP contribution in [0.5, 0.6) is 0 Å². The molecule has 4 rings (SSSR count). The smallest absolute Gasteiger partial charge is 0.407 e. The second-order valence-corrected chi connectivity index (χ2v) is 6.94. The van der Waals surface area contributed by atoms with Crippen LogP contribution in [0.4, 0.5) is 4.79 Å². The molecule has 2 fully saturated rings. The van der Waals surface area contributed by atoms with Gasteiger partial charge < -0.3 is 15.0 Å². The van der Waals surface area contributed by atoms with Crippen molar-refractivity contribution in [1.29, 1.82) is 0 Å². The van der Waals surface area contributed by atoms with Crippen LogP contribution in [-0.2, 0) is 16.1 Å². The zero-order valence-electron chi connectivity index (χ0n) is 14.5. The molecule has 2 amide bonds. The van der Waals surface area contributed by atoms with Crippen molar-refractivity contribution in [2.45, 2.75) is 31.9 Å². The predicted molar refractivity (Wildman–Crippen MR) is 93.8 cm³/mol. The van der Waals surface area contributed by atoms with Crippen molar-refractivity contribution in [1.82, 2.24) is 20.0 Å². The summed E-state index contributed by atoms with van der Waals surface area (Å²) in [5, 5.41) is 8.30. The van der Waals surface area contributed by atoms with E-state index in [-0.39, 0.29) is 18.0 Å². The predicted octanol–water partition coefficient (Wildman–Crippen LogP) is 0.806. The van der Waals surface area contributed by atoms with Gasteiger partial charge in [0.25, 0.3) is 5.56 Å². The molecule has 26 heavy (non-hydrogen) atoms. The van der Waals surface area contributed by atoms with Crippen LogP contribution in [0.1, 0.15) is 18.5 Å². The van der Waals surface area contributed by atoms with Crippen LogP contribution in [0, 0.1) is 6.92 Å². The van der Waals surface area contributed by atoms with Crippen LogP contribution in [0.2, 0.25) is 0 Å². The number of carbonyl (C=O) groups excluding carboxylic acids is 2. The fourth-order valence-electron chi connectivity index (χ4n) is 3.78. The zero-order valence-corrected chi connectivity index (χ0v) is 14.5. The third-order valence-corrected chi connectivity index (χ3v) is 5.09. The number of carbonyl (C=O) groups is 2. The lowest BCUT2D eigenvalue weighted by molar-refractivity contribution is -0.137. The van der Waals surface area contributed by atoms with Gasteiger partial charge in [-0.25, -0.2) is 9.48 Å². The number of aromatic nitrogens is 2. The SMILES string of the molecule is Cc1nn(CC(=O)N2CCCC3(CNC(=O)O3)C2)c(=O)c2ccccc12. The summed E-state index contributed by atoms with van der Waals surface area (Å²) in [6.07, 6.45) is 1.03. The summed E-state index contributed by atoms with van der Waals surface area (Å²) in [6.45, 7) is 3.03. The van der Waals surface area contributed by atoms with E-state index in [2.05, 4.69) is 10.4 Å². The molecule has 0 saturated carbocycles. The monoisotopic (exact) mass is 356 g/mol. The molecule has 1 atom stereocenters. The summed E-state index contributed by atoms with van der Waals surface area (Å²) >= 11 is 0. The van der Waals surface area contributed by atoms with E-state index in [9.17, 15) is 14.4 Å². The summed E-state index contributed by atoms with van der Waals surface area (Å²) < 4.78 is 6.62. The number of hydrogen-bond acceptors (Lipinski definition) is 5. The van der Waals surface area contributed by atoms with E-state index < -0.39 is 11.7 Å². The molecule has 0 aliphatic carbocycles. The molecule has 0 bridgehead atoms. The lowest BCUT2D eigenvalue weighted by Gasteiger charge is -2.38. The van der Waals surface area contributed by atoms with Crippen molar-refractivity contribution in [3.63, 3.8) is 0 Å². The molecule has 1 aromatic carbocycles. The second kappa shape index (κ2) is 6.12. The number of rotatable bonds is 2. The number of fused-ring (bicyclic) bond motifs is 1. The molecule has 2 aromatic rings. The molecule has 1 N–H and O–H groups in total. The normalized spacial score (nSPS) is 22.5. The average molecular weight is 356 g/mol. The third-order valence-electron chi connectivity index (χ3n) is 5.09. The highest BCUT2D eigenvalue weighted by molar-refractivity contribution is 5.83. The fraction of sp³-hybridized carbons (Fsp3) is 0.444. The average Bonchev–Trinajstić information content (AvgIpc) is 2.99. The summed E-state index contributed by atoms with van der Waals surface area (Å²) in [5.74, 6) is -0.198. The van der Waals surface area contributed by atoms with Crippen molar-refractivity contribution < 1.29 is 14.3 Å². The number of hydrogen-bond donors (Lipinski definition) is 1. The Morgan fingerprint density at radius 1 is 1.31 bits per heavy atom. The number of nitrogens with one attached hydrogen (secondary N) is 1. The number of ether oxygens (including phenoxy) is 1. The minimum atomic E-state index is -0.650. The van der Waals surface area contributed by atoms with E-state index in [1.807, 2.05) is 19.1 Å². The number of amides is 2. The summed E-state index contributed by atoms with van der Waals surface area (Å²) in [4.78, 5) is 38.4. The van der Waals surface area contributed by atoms with Crippen molar-refractivity contribution >= 4 is 22.8 Å². The molecule has 2 aliphatic heterocycles. The van der Waals surface area contributed by atoms with Gasteiger partial charge in [0.1, 0.15) is 12.1 Å². The van der Waals surface area contributed by atoms with Gasteiger partial charge in [0, 0.05) is 11.9 Å². The van der Waals surface area contributed by atoms with Crippen molar-refractivity contribution in [2.24, 2.45) is 0 Å². The molecule has 1 unspecified atom stereocenters. The second-order valence-electron chi connectivity index (χ2n) is 6.94. The molecule has 3 heterocycles. The number of benzene rings is 1. The molecule has 1 spiro atoms. The molecule has 2 saturated heterocycles. The Morgan fingerprint density at radius 3 is 2.81 bits per heavy atom. The fourth-order valence-corrected chi connectivity index (χ4v) is 3.78. The van der Waals surface area contributed by atoms with E-state index in [0.29, 0.717) is 30.7 Å². The Morgan fingerprint density at radius 2 is 2.08 bits per heavy atom. The molecule has 1 aromatic heterocycles. The Balaban J connectivity index is 1.57. The molecule has 136 valence electrons. The van der Waals surface area contributed by atoms with Gasteiger partial charge in [-0.3, -0.25) is 9.59 Å². The highest BCUT2D eigenvalue weighted by Crippen LogP contribution is 2.28. The summed E-state index contributed by atoms with van der Waals surface area (Å²) in [5.41, 5.74) is -0.222. The maximum Gasteiger partial charge on any atom is 0.407 e. The highest BCUT2D eigenvalue weighted by Gasteiger charge is 2.44. The first kappa shape index (κ1) is 16.6. The van der Waals surface area contributed by atoms with Gasteiger partial charge in [0.2, 0.25) is 5.91 Å². The number of piperidine rings is 1. The van der Waals surface area contributed by atoms with Crippen LogP contribution in [0.3, 0.4) is 0 Å². The van der Waals surface area contributed by atoms with Gasteiger partial charge in [0.15, 0.2) is 0 Å².